The number of nitrogens with two attached hydrogens (primary N) is 1. The van der Waals surface area contributed by atoms with Crippen molar-refractivity contribution in [2.24, 2.45) is 20.9 Å². The van der Waals surface area contributed by atoms with E-state index in [1.807, 2.05) is 6.08 Å². The first kappa shape index (κ1) is 5.34. The zero-order valence-electron chi connectivity index (χ0n) is 5.28. The van der Waals surface area contributed by atoms with Gasteiger partial charge in [0.1, 0.15) is 0 Å². The highest BCUT2D eigenvalue weighted by Gasteiger charge is 2.17. The van der Waals surface area contributed by atoms with Crippen LogP contribution in [-0.2, 0) is 0 Å². The van der Waals surface area contributed by atoms with E-state index in [2.05, 4.69) is 15.2 Å². The van der Waals surface area contributed by atoms with Crippen molar-refractivity contribution < 1.29 is 0 Å². The standard InChI is InChI=1S/C6H6N4/c7-6-4-1-2-8-3-5(4)9-10-6/h1-2H,3H2,(H2,7,10). The molecule has 0 saturated carbocycles. The SMILES string of the molecule is NC1=NN=C2CN=CC=C12. The predicted octanol–water partition coefficient (Wildman–Crippen LogP) is -0.276. The number of hydrogen-bond acceptors (Lipinski definition) is 4. The molecule has 10 heavy (non-hydrogen) atoms. The van der Waals surface area contributed by atoms with E-state index >= 15 is 0 Å². The van der Waals surface area contributed by atoms with E-state index in [1.54, 1.807) is 6.21 Å². The molecule has 0 radical (unpaired) electrons. The van der Waals surface area contributed by atoms with Crippen molar-refractivity contribution in [3.63, 3.8) is 0 Å². The molecule has 0 atom stereocenters. The highest BCUT2D eigenvalue weighted by Crippen LogP contribution is 2.09. The summed E-state index contributed by atoms with van der Waals surface area (Å²) in [6, 6.07) is 0. The number of hydrogen-bond donors (Lipinski definition) is 1. The van der Waals surface area contributed by atoms with Crippen LogP contribution < -0.4 is 5.73 Å². The lowest BCUT2D eigenvalue weighted by molar-refractivity contribution is 1.21. The molecule has 2 aliphatic rings. The van der Waals surface area contributed by atoms with Crippen molar-refractivity contribution in [3.8, 4) is 0 Å². The summed E-state index contributed by atoms with van der Waals surface area (Å²) < 4.78 is 0. The summed E-state index contributed by atoms with van der Waals surface area (Å²) in [7, 11) is 0. The molecule has 2 rings (SSSR count). The maximum absolute atomic E-state index is 5.49. The van der Waals surface area contributed by atoms with E-state index in [9.17, 15) is 0 Å². The summed E-state index contributed by atoms with van der Waals surface area (Å²) in [6.45, 7) is 0.607. The van der Waals surface area contributed by atoms with Crippen LogP contribution in [0.2, 0.25) is 0 Å². The third kappa shape index (κ3) is 0.586. The van der Waals surface area contributed by atoms with Gasteiger partial charge in [-0.05, 0) is 6.08 Å². The molecule has 2 N–H and O–H groups in total. The molecule has 4 nitrogen and oxygen atoms in total. The van der Waals surface area contributed by atoms with Gasteiger partial charge in [-0.25, -0.2) is 0 Å². The van der Waals surface area contributed by atoms with Crippen molar-refractivity contribution in [2.75, 3.05) is 6.54 Å². The fraction of sp³-hybridized carbons (Fsp3) is 0.167. The second kappa shape index (κ2) is 1.76. The van der Waals surface area contributed by atoms with Crippen LogP contribution in [0.25, 0.3) is 0 Å². The Labute approximate surface area is 57.9 Å². The van der Waals surface area contributed by atoms with Crippen LogP contribution in [0.3, 0.4) is 0 Å². The Kier molecular flexibility index (Phi) is 0.943. The number of nitrogens with zero attached hydrogens (tertiary/aromatic N) is 3. The monoisotopic (exact) mass is 134 g/mol. The highest BCUT2D eigenvalue weighted by atomic mass is 15.3. The number of aliphatic imine (C=N–C) groups is 1. The lowest BCUT2D eigenvalue weighted by Gasteiger charge is -2.01. The summed E-state index contributed by atoms with van der Waals surface area (Å²) in [6.07, 6.45) is 3.55. The zero-order valence-corrected chi connectivity index (χ0v) is 5.28. The Bertz CT molecular complexity index is 282. The average Bonchev–Trinajstić information content (AvgIpc) is 2.34. The second-order valence-electron chi connectivity index (χ2n) is 2.10. The average molecular weight is 134 g/mol. The van der Waals surface area contributed by atoms with Gasteiger partial charge in [-0.2, -0.15) is 5.10 Å². The first-order valence-corrected chi connectivity index (χ1v) is 2.99. The molecule has 50 valence electrons. The third-order valence-electron chi connectivity index (χ3n) is 1.45. The third-order valence-corrected chi connectivity index (χ3v) is 1.45. The van der Waals surface area contributed by atoms with Crippen LogP contribution in [-0.4, -0.2) is 24.3 Å². The first-order valence-electron chi connectivity index (χ1n) is 2.99. The van der Waals surface area contributed by atoms with Gasteiger partial charge in [0.05, 0.1) is 12.3 Å². The summed E-state index contributed by atoms with van der Waals surface area (Å²) >= 11 is 0. The molecule has 0 aromatic carbocycles. The number of amidine groups is 1. The Morgan fingerprint density at radius 1 is 1.40 bits per heavy atom. The van der Waals surface area contributed by atoms with E-state index in [-0.39, 0.29) is 0 Å². The Balaban J connectivity index is 2.46. The minimum Gasteiger partial charge on any atom is -0.382 e. The largest absolute Gasteiger partial charge is 0.382 e. The molecule has 0 fully saturated rings. The molecule has 0 unspecified atom stereocenters. The lowest BCUT2D eigenvalue weighted by Crippen LogP contribution is -2.20. The van der Waals surface area contributed by atoms with E-state index in [4.69, 9.17) is 5.73 Å². The molecule has 2 aliphatic heterocycles. The lowest BCUT2D eigenvalue weighted by atomic mass is 10.1. The Morgan fingerprint density at radius 2 is 2.30 bits per heavy atom. The van der Waals surface area contributed by atoms with Gasteiger partial charge in [0.2, 0.25) is 0 Å². The molecule has 0 saturated heterocycles. The van der Waals surface area contributed by atoms with E-state index in [1.165, 1.54) is 0 Å². The Hall–Kier alpha value is -1.45. The summed E-state index contributed by atoms with van der Waals surface area (Å²) in [5, 5.41) is 7.55. The topological polar surface area (TPSA) is 63.1 Å². The smallest absolute Gasteiger partial charge is 0.155 e. The van der Waals surface area contributed by atoms with Gasteiger partial charge < -0.3 is 5.73 Å². The number of allylic oxidation sites excluding steroid dienone is 1. The minimum atomic E-state index is 0.501. The van der Waals surface area contributed by atoms with Crippen molar-refractivity contribution in [1.82, 2.24) is 0 Å². The molecule has 0 aliphatic carbocycles. The maximum atomic E-state index is 5.49. The van der Waals surface area contributed by atoms with Crippen LogP contribution in [0.1, 0.15) is 0 Å². The molecular weight excluding hydrogens is 128 g/mol. The molecule has 0 amide bonds. The molecule has 0 aromatic rings. The fourth-order valence-corrected chi connectivity index (χ4v) is 0.935. The second-order valence-corrected chi connectivity index (χ2v) is 2.10. The molecular formula is C6H6N4. The van der Waals surface area contributed by atoms with Crippen LogP contribution >= 0.6 is 0 Å². The summed E-state index contributed by atoms with van der Waals surface area (Å²) in [5.74, 6) is 0.501. The first-order chi connectivity index (χ1) is 4.88. The van der Waals surface area contributed by atoms with Crippen LogP contribution in [0.5, 0.6) is 0 Å². The molecule has 2 heterocycles. The Morgan fingerprint density at radius 3 is 3.10 bits per heavy atom. The van der Waals surface area contributed by atoms with Crippen molar-refractivity contribution in [3.05, 3.63) is 11.6 Å². The van der Waals surface area contributed by atoms with Crippen molar-refractivity contribution in [2.45, 2.75) is 0 Å². The number of rotatable bonds is 0. The van der Waals surface area contributed by atoms with E-state index in [0.717, 1.165) is 11.3 Å². The number of fused-ring (bicyclic) bond motifs is 1. The van der Waals surface area contributed by atoms with E-state index < -0.39 is 0 Å². The van der Waals surface area contributed by atoms with Crippen molar-refractivity contribution in [1.29, 1.82) is 0 Å². The molecule has 0 spiro atoms. The molecule has 0 bridgehead atoms. The summed E-state index contributed by atoms with van der Waals surface area (Å²) in [5.41, 5.74) is 7.30. The highest BCUT2D eigenvalue weighted by molar-refractivity contribution is 6.28. The molecule has 0 aromatic heterocycles. The minimum absolute atomic E-state index is 0.501. The maximum Gasteiger partial charge on any atom is 0.155 e. The molecule has 4 heteroatoms. The quantitative estimate of drug-likeness (QED) is 0.486. The van der Waals surface area contributed by atoms with Gasteiger partial charge in [-0.1, -0.05) is 0 Å². The van der Waals surface area contributed by atoms with Crippen LogP contribution in [0, 0.1) is 0 Å². The van der Waals surface area contributed by atoms with Gasteiger partial charge in [-0.15, -0.1) is 5.10 Å². The fourth-order valence-electron chi connectivity index (χ4n) is 0.935. The predicted molar refractivity (Wildman–Crippen MR) is 40.5 cm³/mol. The number of dihydropyridines is 1. The summed E-state index contributed by atoms with van der Waals surface area (Å²) in [4.78, 5) is 3.99. The zero-order chi connectivity index (χ0) is 6.97. The van der Waals surface area contributed by atoms with Crippen LogP contribution in [0.4, 0.5) is 0 Å². The van der Waals surface area contributed by atoms with Gasteiger partial charge >= 0.3 is 0 Å². The van der Waals surface area contributed by atoms with E-state index in [0.29, 0.717) is 12.4 Å². The normalized spacial score (nSPS) is 21.4. The van der Waals surface area contributed by atoms with Gasteiger partial charge in [-0.3, -0.25) is 4.99 Å². The van der Waals surface area contributed by atoms with Crippen LogP contribution in [0.15, 0.2) is 26.8 Å². The van der Waals surface area contributed by atoms with Gasteiger partial charge in [0.25, 0.3) is 0 Å². The van der Waals surface area contributed by atoms with Crippen molar-refractivity contribution >= 4 is 17.8 Å². The van der Waals surface area contributed by atoms with Gasteiger partial charge in [0.15, 0.2) is 5.84 Å². The van der Waals surface area contributed by atoms with Gasteiger partial charge in [0, 0.05) is 11.8 Å².